The highest BCUT2D eigenvalue weighted by Crippen LogP contribution is 2.33. The van der Waals surface area contributed by atoms with Crippen LogP contribution in [-0.2, 0) is 13.0 Å². The van der Waals surface area contributed by atoms with Crippen molar-refractivity contribution in [3.8, 4) is 5.75 Å². The zero-order valence-corrected chi connectivity index (χ0v) is 13.1. The molecule has 0 radical (unpaired) electrons. The fourth-order valence-electron chi connectivity index (χ4n) is 2.26. The molecule has 0 aliphatic carbocycles. The summed E-state index contributed by atoms with van der Waals surface area (Å²) in [5.41, 5.74) is 4.49. The van der Waals surface area contributed by atoms with Crippen LogP contribution < -0.4 is 10.1 Å². The normalized spacial score (nSPS) is 12.9. The van der Waals surface area contributed by atoms with E-state index in [9.17, 15) is 0 Å². The van der Waals surface area contributed by atoms with Crippen LogP contribution in [0, 0.1) is 13.8 Å². The van der Waals surface area contributed by atoms with Gasteiger partial charge in [-0.05, 0) is 37.1 Å². The van der Waals surface area contributed by atoms with Gasteiger partial charge in [0.15, 0.2) is 0 Å². The molecule has 1 aromatic heterocycles. The molecule has 3 rings (SSSR count). The number of fused-ring (bicyclic) bond motifs is 1. The Bertz CT molecular complexity index is 658. The third kappa shape index (κ3) is 2.63. The average molecular weight is 334 g/mol. The maximum absolute atomic E-state index is 5.71. The Balaban J connectivity index is 1.80. The lowest BCUT2D eigenvalue weighted by atomic mass is 10.1. The van der Waals surface area contributed by atoms with Crippen LogP contribution in [0.4, 0.5) is 5.95 Å². The van der Waals surface area contributed by atoms with Gasteiger partial charge in [0, 0.05) is 34.9 Å². The molecule has 0 atom stereocenters. The van der Waals surface area contributed by atoms with Gasteiger partial charge in [0.25, 0.3) is 0 Å². The Kier molecular flexibility index (Phi) is 3.61. The molecule has 5 heteroatoms. The van der Waals surface area contributed by atoms with Crippen molar-refractivity contribution in [1.29, 1.82) is 0 Å². The molecular formula is C15H16BrN3O. The van der Waals surface area contributed by atoms with Gasteiger partial charge in [0.2, 0.25) is 5.95 Å². The minimum atomic E-state index is 0.653. The third-order valence-corrected chi connectivity index (χ3v) is 3.94. The molecule has 2 aromatic rings. The second-order valence-corrected chi connectivity index (χ2v) is 5.88. The van der Waals surface area contributed by atoms with Crippen LogP contribution in [0.3, 0.4) is 0 Å². The lowest BCUT2D eigenvalue weighted by Gasteiger charge is -2.11. The molecule has 0 spiro atoms. The number of halogens is 1. The summed E-state index contributed by atoms with van der Waals surface area (Å²) in [6.45, 7) is 5.42. The van der Waals surface area contributed by atoms with E-state index in [0.717, 1.165) is 40.1 Å². The number of benzene rings is 1. The highest BCUT2D eigenvalue weighted by molar-refractivity contribution is 9.10. The number of anilines is 1. The Morgan fingerprint density at radius 2 is 2.20 bits per heavy atom. The number of aryl methyl sites for hydroxylation is 2. The van der Waals surface area contributed by atoms with E-state index in [-0.39, 0.29) is 0 Å². The second kappa shape index (κ2) is 5.40. The zero-order chi connectivity index (χ0) is 14.1. The summed E-state index contributed by atoms with van der Waals surface area (Å²) in [5, 5.41) is 3.26. The standard InChI is InChI=1S/C15H16BrN3O/c1-9-7-17-15(19-10(9)2)18-8-12-6-13(16)5-11-3-4-20-14(11)12/h5-7H,3-4,8H2,1-2H3,(H,17,18,19). The van der Waals surface area contributed by atoms with Crippen molar-refractivity contribution in [3.63, 3.8) is 0 Å². The molecule has 1 aromatic carbocycles. The van der Waals surface area contributed by atoms with E-state index >= 15 is 0 Å². The van der Waals surface area contributed by atoms with Gasteiger partial charge in [-0.15, -0.1) is 0 Å². The molecule has 0 amide bonds. The summed E-state index contributed by atoms with van der Waals surface area (Å²) in [4.78, 5) is 8.72. The van der Waals surface area contributed by atoms with Crippen LogP contribution in [0.1, 0.15) is 22.4 Å². The molecule has 1 aliphatic heterocycles. The first-order valence-electron chi connectivity index (χ1n) is 6.61. The molecule has 0 fully saturated rings. The second-order valence-electron chi connectivity index (χ2n) is 4.97. The number of hydrogen-bond acceptors (Lipinski definition) is 4. The summed E-state index contributed by atoms with van der Waals surface area (Å²) in [5.74, 6) is 1.66. The first-order valence-corrected chi connectivity index (χ1v) is 7.41. The Morgan fingerprint density at radius 1 is 1.35 bits per heavy atom. The lowest BCUT2D eigenvalue weighted by molar-refractivity contribution is 0.354. The minimum Gasteiger partial charge on any atom is -0.493 e. The molecule has 0 saturated heterocycles. The van der Waals surface area contributed by atoms with Crippen LogP contribution in [-0.4, -0.2) is 16.6 Å². The number of aromatic nitrogens is 2. The quantitative estimate of drug-likeness (QED) is 0.935. The average Bonchev–Trinajstić information content (AvgIpc) is 2.88. The van der Waals surface area contributed by atoms with Crippen molar-refractivity contribution in [3.05, 3.63) is 45.2 Å². The van der Waals surface area contributed by atoms with E-state index in [1.165, 1.54) is 5.56 Å². The van der Waals surface area contributed by atoms with Crippen molar-refractivity contribution < 1.29 is 4.74 Å². The van der Waals surface area contributed by atoms with Gasteiger partial charge in [0.05, 0.1) is 6.61 Å². The van der Waals surface area contributed by atoms with E-state index < -0.39 is 0 Å². The molecule has 0 saturated carbocycles. The van der Waals surface area contributed by atoms with Gasteiger partial charge in [-0.25, -0.2) is 9.97 Å². The Morgan fingerprint density at radius 3 is 3.00 bits per heavy atom. The maximum atomic E-state index is 5.71. The monoisotopic (exact) mass is 333 g/mol. The van der Waals surface area contributed by atoms with Crippen molar-refractivity contribution >= 4 is 21.9 Å². The molecule has 0 unspecified atom stereocenters. The first-order chi connectivity index (χ1) is 9.63. The van der Waals surface area contributed by atoms with Crippen molar-refractivity contribution in [2.24, 2.45) is 0 Å². The summed E-state index contributed by atoms with van der Waals surface area (Å²) >= 11 is 3.55. The minimum absolute atomic E-state index is 0.653. The topological polar surface area (TPSA) is 47.0 Å². The van der Waals surface area contributed by atoms with E-state index in [1.54, 1.807) is 0 Å². The summed E-state index contributed by atoms with van der Waals surface area (Å²) in [7, 11) is 0. The largest absolute Gasteiger partial charge is 0.493 e. The fourth-order valence-corrected chi connectivity index (χ4v) is 2.82. The fraction of sp³-hybridized carbons (Fsp3) is 0.333. The van der Waals surface area contributed by atoms with Gasteiger partial charge >= 0.3 is 0 Å². The van der Waals surface area contributed by atoms with Gasteiger partial charge in [-0.3, -0.25) is 0 Å². The van der Waals surface area contributed by atoms with E-state index in [1.807, 2.05) is 20.0 Å². The molecule has 0 bridgehead atoms. The van der Waals surface area contributed by atoms with Crippen LogP contribution in [0.25, 0.3) is 0 Å². The van der Waals surface area contributed by atoms with Crippen molar-refractivity contribution in [2.45, 2.75) is 26.8 Å². The highest BCUT2D eigenvalue weighted by Gasteiger charge is 2.17. The van der Waals surface area contributed by atoms with Gasteiger partial charge in [-0.1, -0.05) is 15.9 Å². The predicted octanol–water partition coefficient (Wildman–Crippen LogP) is 3.40. The summed E-state index contributed by atoms with van der Waals surface area (Å²) in [6.07, 6.45) is 2.81. The summed E-state index contributed by atoms with van der Waals surface area (Å²) in [6, 6.07) is 4.20. The van der Waals surface area contributed by atoms with Crippen molar-refractivity contribution in [1.82, 2.24) is 9.97 Å². The van der Waals surface area contributed by atoms with Crippen LogP contribution in [0.2, 0.25) is 0 Å². The number of nitrogens with one attached hydrogen (secondary N) is 1. The lowest BCUT2D eigenvalue weighted by Crippen LogP contribution is -2.06. The molecule has 4 nitrogen and oxygen atoms in total. The van der Waals surface area contributed by atoms with E-state index in [0.29, 0.717) is 12.5 Å². The van der Waals surface area contributed by atoms with Gasteiger partial charge in [-0.2, -0.15) is 0 Å². The number of ether oxygens (including phenoxy) is 1. The smallest absolute Gasteiger partial charge is 0.223 e. The molecule has 2 heterocycles. The Hall–Kier alpha value is -1.62. The third-order valence-electron chi connectivity index (χ3n) is 3.49. The predicted molar refractivity (Wildman–Crippen MR) is 82.2 cm³/mol. The van der Waals surface area contributed by atoms with Gasteiger partial charge < -0.3 is 10.1 Å². The molecule has 20 heavy (non-hydrogen) atoms. The van der Waals surface area contributed by atoms with Crippen LogP contribution in [0.5, 0.6) is 5.75 Å². The molecular weight excluding hydrogens is 318 g/mol. The molecule has 1 aliphatic rings. The molecule has 104 valence electrons. The van der Waals surface area contributed by atoms with Crippen LogP contribution >= 0.6 is 15.9 Å². The number of hydrogen-bond donors (Lipinski definition) is 1. The molecule has 1 N–H and O–H groups in total. The van der Waals surface area contributed by atoms with E-state index in [4.69, 9.17) is 4.74 Å². The number of rotatable bonds is 3. The van der Waals surface area contributed by atoms with Crippen LogP contribution in [0.15, 0.2) is 22.8 Å². The van der Waals surface area contributed by atoms with E-state index in [2.05, 4.69) is 43.3 Å². The number of nitrogens with zero attached hydrogens (tertiary/aromatic N) is 2. The van der Waals surface area contributed by atoms with Gasteiger partial charge in [0.1, 0.15) is 5.75 Å². The zero-order valence-electron chi connectivity index (χ0n) is 11.5. The maximum Gasteiger partial charge on any atom is 0.223 e. The highest BCUT2D eigenvalue weighted by atomic mass is 79.9. The Labute approximate surface area is 126 Å². The summed E-state index contributed by atoms with van der Waals surface area (Å²) < 4.78 is 6.80. The first kappa shape index (κ1) is 13.4. The SMILES string of the molecule is Cc1cnc(NCc2cc(Br)cc3c2OCC3)nc1C. The van der Waals surface area contributed by atoms with Crippen molar-refractivity contribution in [2.75, 3.05) is 11.9 Å².